The highest BCUT2D eigenvalue weighted by Gasteiger charge is 2.05. The first kappa shape index (κ1) is 11.5. The summed E-state index contributed by atoms with van der Waals surface area (Å²) in [5.41, 5.74) is 8.29. The van der Waals surface area contributed by atoms with Crippen molar-refractivity contribution >= 4 is 11.3 Å². The number of pyridine rings is 1. The van der Waals surface area contributed by atoms with Crippen LogP contribution in [0.5, 0.6) is 5.75 Å². The number of nitrogen functional groups attached to an aromatic ring is 1. The van der Waals surface area contributed by atoms with Gasteiger partial charge in [0, 0.05) is 24.4 Å². The van der Waals surface area contributed by atoms with Crippen LogP contribution in [0.3, 0.4) is 0 Å². The Morgan fingerprint density at radius 2 is 2.16 bits per heavy atom. The number of benzene rings is 1. The Kier molecular flexibility index (Phi) is 2.79. The minimum Gasteiger partial charge on any atom is -0.497 e. The summed E-state index contributed by atoms with van der Waals surface area (Å²) in [4.78, 5) is 4.46. The van der Waals surface area contributed by atoms with E-state index in [9.17, 15) is 0 Å². The van der Waals surface area contributed by atoms with Gasteiger partial charge in [-0.1, -0.05) is 12.1 Å². The Bertz CT molecular complexity index is 720. The number of hydrogen-bond acceptors (Lipinski definition) is 4. The van der Waals surface area contributed by atoms with Gasteiger partial charge in [-0.3, -0.25) is 0 Å². The van der Waals surface area contributed by atoms with E-state index in [1.165, 1.54) is 0 Å². The van der Waals surface area contributed by atoms with Crippen LogP contribution < -0.4 is 10.5 Å². The first-order valence-corrected chi connectivity index (χ1v) is 5.98. The zero-order chi connectivity index (χ0) is 13.2. The molecule has 19 heavy (non-hydrogen) atoms. The minimum atomic E-state index is 0.665. The van der Waals surface area contributed by atoms with E-state index in [0.717, 1.165) is 22.8 Å². The summed E-state index contributed by atoms with van der Waals surface area (Å²) in [6, 6.07) is 11.5. The number of anilines is 1. The summed E-state index contributed by atoms with van der Waals surface area (Å²) >= 11 is 0. The van der Waals surface area contributed by atoms with Crippen molar-refractivity contribution in [2.45, 2.75) is 6.42 Å². The number of aromatic nitrogens is 3. The van der Waals surface area contributed by atoms with E-state index in [4.69, 9.17) is 10.5 Å². The van der Waals surface area contributed by atoms with Gasteiger partial charge in [-0.15, -0.1) is 0 Å². The van der Waals surface area contributed by atoms with Gasteiger partial charge in [0.15, 0.2) is 11.5 Å². The van der Waals surface area contributed by atoms with E-state index in [-0.39, 0.29) is 0 Å². The van der Waals surface area contributed by atoms with E-state index in [2.05, 4.69) is 10.1 Å². The van der Waals surface area contributed by atoms with Gasteiger partial charge in [0.2, 0.25) is 0 Å². The molecule has 0 saturated heterocycles. The number of methoxy groups -OCH3 is 1. The van der Waals surface area contributed by atoms with Crippen molar-refractivity contribution in [3.05, 3.63) is 54.0 Å². The lowest BCUT2D eigenvalue weighted by Crippen LogP contribution is -1.93. The highest BCUT2D eigenvalue weighted by molar-refractivity contribution is 5.50. The third-order valence-electron chi connectivity index (χ3n) is 2.90. The van der Waals surface area contributed by atoms with Crippen molar-refractivity contribution in [1.82, 2.24) is 14.6 Å². The predicted octanol–water partition coefficient (Wildman–Crippen LogP) is 1.91. The molecule has 96 valence electrons. The summed E-state index contributed by atoms with van der Waals surface area (Å²) in [5.74, 6) is 1.60. The third-order valence-corrected chi connectivity index (χ3v) is 2.90. The predicted molar refractivity (Wildman–Crippen MR) is 73.2 cm³/mol. The first-order chi connectivity index (χ1) is 9.24. The molecular weight excluding hydrogens is 240 g/mol. The molecule has 0 bridgehead atoms. The maximum absolute atomic E-state index is 5.73. The Balaban J connectivity index is 1.92. The fourth-order valence-electron chi connectivity index (χ4n) is 1.98. The number of nitrogens with two attached hydrogens (primary N) is 1. The van der Waals surface area contributed by atoms with Crippen molar-refractivity contribution in [1.29, 1.82) is 0 Å². The first-order valence-electron chi connectivity index (χ1n) is 5.98. The van der Waals surface area contributed by atoms with Gasteiger partial charge < -0.3 is 10.5 Å². The van der Waals surface area contributed by atoms with Gasteiger partial charge in [-0.2, -0.15) is 5.10 Å². The molecule has 0 unspecified atom stereocenters. The second-order valence-corrected chi connectivity index (χ2v) is 4.32. The fraction of sp³-hybridized carbons (Fsp3) is 0.143. The van der Waals surface area contributed by atoms with Crippen LogP contribution in [0.15, 0.2) is 42.6 Å². The summed E-state index contributed by atoms with van der Waals surface area (Å²) in [5, 5.41) is 4.41. The molecule has 0 amide bonds. The van der Waals surface area contributed by atoms with Gasteiger partial charge in [0.05, 0.1) is 7.11 Å². The number of fused-ring (bicyclic) bond motifs is 1. The Hall–Kier alpha value is -2.56. The molecule has 0 fully saturated rings. The van der Waals surface area contributed by atoms with Crippen molar-refractivity contribution in [2.24, 2.45) is 0 Å². The average molecular weight is 254 g/mol. The maximum atomic E-state index is 5.73. The van der Waals surface area contributed by atoms with Crippen LogP contribution in [-0.4, -0.2) is 21.7 Å². The molecule has 3 aromatic rings. The molecule has 0 aliphatic heterocycles. The number of rotatable bonds is 3. The van der Waals surface area contributed by atoms with Crippen LogP contribution in [0.4, 0.5) is 5.69 Å². The molecule has 0 atom stereocenters. The van der Waals surface area contributed by atoms with E-state index >= 15 is 0 Å². The molecule has 0 saturated carbocycles. The van der Waals surface area contributed by atoms with Crippen LogP contribution >= 0.6 is 0 Å². The molecule has 0 aliphatic rings. The van der Waals surface area contributed by atoms with Crippen molar-refractivity contribution in [3.8, 4) is 5.75 Å². The monoisotopic (exact) mass is 254 g/mol. The molecule has 2 aromatic heterocycles. The summed E-state index contributed by atoms with van der Waals surface area (Å²) < 4.78 is 6.93. The Labute approximate surface area is 110 Å². The van der Waals surface area contributed by atoms with E-state index in [1.807, 2.05) is 36.5 Å². The summed E-state index contributed by atoms with van der Waals surface area (Å²) in [6.45, 7) is 0. The minimum absolute atomic E-state index is 0.665. The van der Waals surface area contributed by atoms with Crippen molar-refractivity contribution in [3.63, 3.8) is 0 Å². The molecule has 0 spiro atoms. The number of ether oxygens (including phenoxy) is 1. The van der Waals surface area contributed by atoms with Crippen LogP contribution in [0, 0.1) is 0 Å². The van der Waals surface area contributed by atoms with E-state index in [0.29, 0.717) is 12.1 Å². The van der Waals surface area contributed by atoms with Gasteiger partial charge in [0.1, 0.15) is 5.75 Å². The quantitative estimate of drug-likeness (QED) is 0.775. The lowest BCUT2D eigenvalue weighted by Gasteiger charge is -2.01. The topological polar surface area (TPSA) is 65.4 Å². The zero-order valence-corrected chi connectivity index (χ0v) is 10.6. The molecule has 5 nitrogen and oxygen atoms in total. The molecule has 0 aliphatic carbocycles. The van der Waals surface area contributed by atoms with Gasteiger partial charge >= 0.3 is 0 Å². The van der Waals surface area contributed by atoms with Gasteiger partial charge in [-0.25, -0.2) is 9.50 Å². The van der Waals surface area contributed by atoms with Crippen LogP contribution in [0.25, 0.3) is 5.65 Å². The highest BCUT2D eigenvalue weighted by atomic mass is 16.5. The molecular formula is C14H14N4O. The molecule has 2 N–H and O–H groups in total. The summed E-state index contributed by atoms with van der Waals surface area (Å²) in [7, 11) is 1.66. The third kappa shape index (κ3) is 2.35. The van der Waals surface area contributed by atoms with Gasteiger partial charge in [0.25, 0.3) is 0 Å². The molecule has 5 heteroatoms. The van der Waals surface area contributed by atoms with Gasteiger partial charge in [-0.05, 0) is 23.8 Å². The number of hydrogen-bond donors (Lipinski definition) is 1. The molecule has 3 rings (SSSR count). The van der Waals surface area contributed by atoms with Crippen molar-refractivity contribution < 1.29 is 4.74 Å². The van der Waals surface area contributed by atoms with Crippen LogP contribution in [0.2, 0.25) is 0 Å². The lowest BCUT2D eigenvalue weighted by atomic mass is 10.1. The van der Waals surface area contributed by atoms with E-state index < -0.39 is 0 Å². The average Bonchev–Trinajstić information content (AvgIpc) is 2.80. The van der Waals surface area contributed by atoms with Crippen LogP contribution in [-0.2, 0) is 6.42 Å². The second kappa shape index (κ2) is 4.61. The van der Waals surface area contributed by atoms with Crippen molar-refractivity contribution in [2.75, 3.05) is 12.8 Å². The normalized spacial score (nSPS) is 10.8. The number of nitrogens with zero attached hydrogens (tertiary/aromatic N) is 3. The fourth-order valence-corrected chi connectivity index (χ4v) is 1.98. The zero-order valence-electron chi connectivity index (χ0n) is 10.6. The second-order valence-electron chi connectivity index (χ2n) is 4.32. The van der Waals surface area contributed by atoms with E-state index in [1.54, 1.807) is 17.7 Å². The Morgan fingerprint density at radius 3 is 3.00 bits per heavy atom. The standard InChI is InChI=1S/C14H14N4O/c1-19-12-4-2-3-10(7-12)8-13-16-14-9-11(15)5-6-18(14)17-13/h2-7,9H,8,15H2,1H3. The van der Waals surface area contributed by atoms with Crippen LogP contribution in [0.1, 0.15) is 11.4 Å². The summed E-state index contributed by atoms with van der Waals surface area (Å²) in [6.07, 6.45) is 2.48. The highest BCUT2D eigenvalue weighted by Crippen LogP contribution is 2.15. The molecule has 1 aromatic carbocycles. The Morgan fingerprint density at radius 1 is 1.26 bits per heavy atom. The molecule has 0 radical (unpaired) electrons. The molecule has 2 heterocycles. The SMILES string of the molecule is COc1cccc(Cc2nc3cc(N)ccn3n2)c1. The largest absolute Gasteiger partial charge is 0.497 e. The maximum Gasteiger partial charge on any atom is 0.157 e. The lowest BCUT2D eigenvalue weighted by molar-refractivity contribution is 0.414. The smallest absolute Gasteiger partial charge is 0.157 e.